The third-order valence-corrected chi connectivity index (χ3v) is 4.61. The summed E-state index contributed by atoms with van der Waals surface area (Å²) >= 11 is 0. The first-order valence-corrected chi connectivity index (χ1v) is 8.09. The average Bonchev–Trinajstić information content (AvgIpc) is 2.34. The van der Waals surface area contributed by atoms with Crippen molar-refractivity contribution in [2.24, 2.45) is 22.8 Å². The topological polar surface area (TPSA) is 86.2 Å². The fourth-order valence-electron chi connectivity index (χ4n) is 2.32. The van der Waals surface area contributed by atoms with Gasteiger partial charge in [0.2, 0.25) is 5.91 Å². The fraction of sp³-hybridized carbons (Fsp3) is 0.882. The average molecular weight is 298 g/mol. The summed E-state index contributed by atoms with van der Waals surface area (Å²) in [4.78, 5) is 22.6. The van der Waals surface area contributed by atoms with Crippen LogP contribution in [0.3, 0.4) is 0 Å². The van der Waals surface area contributed by atoms with Gasteiger partial charge in [0.05, 0.1) is 5.54 Å². The molecule has 0 saturated carbocycles. The van der Waals surface area contributed by atoms with Gasteiger partial charge >= 0.3 is 0 Å². The molecule has 0 aromatic heterocycles. The number of nitrogens with two attached hydrogens (primary N) is 2. The van der Waals surface area contributed by atoms with Crippen LogP contribution >= 0.6 is 0 Å². The Balaban J connectivity index is 3.80. The lowest BCUT2D eigenvalue weighted by molar-refractivity contribution is -0.126. The van der Waals surface area contributed by atoms with Gasteiger partial charge < -0.3 is 11.5 Å². The second kappa shape index (κ2) is 8.52. The molecule has 0 aliphatic heterocycles. The Morgan fingerprint density at radius 1 is 1.00 bits per heavy atom. The molecular weight excluding hydrogens is 264 g/mol. The predicted molar refractivity (Wildman–Crippen MR) is 87.7 cm³/mol. The number of carbonyl (C=O) groups excluding carboxylic acids is 2. The molecule has 0 saturated heterocycles. The molecule has 0 heterocycles. The lowest BCUT2D eigenvalue weighted by atomic mass is 9.85. The molecule has 0 aromatic rings. The number of ketones is 1. The number of rotatable bonds is 11. The molecule has 0 fully saturated rings. The maximum absolute atomic E-state index is 11.3. The van der Waals surface area contributed by atoms with Crippen molar-refractivity contribution in [3.8, 4) is 0 Å². The monoisotopic (exact) mass is 298 g/mol. The summed E-state index contributed by atoms with van der Waals surface area (Å²) < 4.78 is 0. The predicted octanol–water partition coefficient (Wildman–Crippen LogP) is 3.17. The van der Waals surface area contributed by atoms with E-state index in [1.807, 2.05) is 20.8 Å². The maximum atomic E-state index is 11.3. The van der Waals surface area contributed by atoms with E-state index in [-0.39, 0.29) is 11.7 Å². The van der Waals surface area contributed by atoms with Gasteiger partial charge in [-0.3, -0.25) is 9.59 Å². The zero-order valence-corrected chi connectivity index (χ0v) is 14.5. The van der Waals surface area contributed by atoms with Crippen molar-refractivity contribution in [3.05, 3.63) is 0 Å². The molecule has 0 aliphatic carbocycles. The molecule has 1 unspecified atom stereocenters. The van der Waals surface area contributed by atoms with E-state index in [0.29, 0.717) is 5.92 Å². The van der Waals surface area contributed by atoms with E-state index in [1.54, 1.807) is 6.92 Å². The van der Waals surface area contributed by atoms with E-state index in [1.165, 1.54) is 0 Å². The van der Waals surface area contributed by atoms with Crippen molar-refractivity contribution >= 4 is 11.7 Å². The van der Waals surface area contributed by atoms with Crippen LogP contribution in [0.1, 0.15) is 79.6 Å². The summed E-state index contributed by atoms with van der Waals surface area (Å²) in [5.41, 5.74) is 10.2. The van der Waals surface area contributed by atoms with Gasteiger partial charge in [0.1, 0.15) is 5.78 Å². The van der Waals surface area contributed by atoms with Crippen molar-refractivity contribution in [2.45, 2.75) is 85.1 Å². The van der Waals surface area contributed by atoms with Gasteiger partial charge in [-0.05, 0) is 32.6 Å². The molecule has 4 heteroatoms. The largest absolute Gasteiger partial charge is 0.369 e. The van der Waals surface area contributed by atoms with Crippen molar-refractivity contribution in [2.75, 3.05) is 0 Å². The Morgan fingerprint density at radius 2 is 1.52 bits per heavy atom. The van der Waals surface area contributed by atoms with E-state index in [4.69, 9.17) is 11.5 Å². The van der Waals surface area contributed by atoms with E-state index in [0.717, 1.165) is 44.9 Å². The summed E-state index contributed by atoms with van der Waals surface area (Å²) in [7, 11) is 0. The molecule has 0 radical (unpaired) electrons. The molecule has 2 atom stereocenters. The Bertz CT molecular complexity index is 349. The van der Waals surface area contributed by atoms with Crippen LogP contribution in [0.4, 0.5) is 0 Å². The van der Waals surface area contributed by atoms with Crippen molar-refractivity contribution < 1.29 is 9.59 Å². The van der Waals surface area contributed by atoms with Crippen LogP contribution in [0.2, 0.25) is 0 Å². The third kappa shape index (κ3) is 8.20. The minimum atomic E-state index is -0.675. The third-order valence-electron chi connectivity index (χ3n) is 4.61. The van der Waals surface area contributed by atoms with Crippen LogP contribution in [0, 0.1) is 11.3 Å². The SMILES string of the molecule is CC(=O)[C@@](C)(N)CCCC(C)CCCCC(C)(C)C(N)=O. The van der Waals surface area contributed by atoms with Gasteiger partial charge in [-0.15, -0.1) is 0 Å². The summed E-state index contributed by atoms with van der Waals surface area (Å²) in [6.45, 7) is 9.42. The maximum Gasteiger partial charge on any atom is 0.223 e. The Kier molecular flexibility index (Phi) is 8.16. The van der Waals surface area contributed by atoms with Gasteiger partial charge in [0.25, 0.3) is 0 Å². The smallest absolute Gasteiger partial charge is 0.223 e. The highest BCUT2D eigenvalue weighted by Crippen LogP contribution is 2.25. The Labute approximate surface area is 130 Å². The van der Waals surface area contributed by atoms with Crippen LogP contribution in [0.25, 0.3) is 0 Å². The number of Topliss-reactive ketones (excluding diaryl/α,β-unsaturated/α-hetero) is 1. The zero-order valence-electron chi connectivity index (χ0n) is 14.5. The lowest BCUT2D eigenvalue weighted by Crippen LogP contribution is -2.43. The first-order valence-electron chi connectivity index (χ1n) is 8.09. The van der Waals surface area contributed by atoms with Crippen molar-refractivity contribution in [3.63, 3.8) is 0 Å². The first-order chi connectivity index (χ1) is 9.49. The Hall–Kier alpha value is -0.900. The molecule has 0 rings (SSSR count). The van der Waals surface area contributed by atoms with E-state index in [9.17, 15) is 9.59 Å². The molecule has 4 nitrogen and oxygen atoms in total. The van der Waals surface area contributed by atoms with Crippen molar-refractivity contribution in [1.82, 2.24) is 0 Å². The van der Waals surface area contributed by atoms with Crippen LogP contribution < -0.4 is 11.5 Å². The van der Waals surface area contributed by atoms with Crippen LogP contribution in [-0.4, -0.2) is 17.2 Å². The molecule has 1 amide bonds. The van der Waals surface area contributed by atoms with Crippen LogP contribution in [0.5, 0.6) is 0 Å². The summed E-state index contributed by atoms with van der Waals surface area (Å²) in [5.74, 6) is 0.468. The lowest BCUT2D eigenvalue weighted by Gasteiger charge is -2.22. The molecule has 21 heavy (non-hydrogen) atoms. The number of amides is 1. The minimum Gasteiger partial charge on any atom is -0.369 e. The quantitative estimate of drug-likeness (QED) is 0.574. The number of primary amides is 1. The number of carbonyl (C=O) groups is 2. The Morgan fingerprint density at radius 3 is 2.00 bits per heavy atom. The van der Waals surface area contributed by atoms with Gasteiger partial charge in [-0.1, -0.05) is 52.9 Å². The van der Waals surface area contributed by atoms with E-state index < -0.39 is 11.0 Å². The number of hydrogen-bond donors (Lipinski definition) is 2. The van der Waals surface area contributed by atoms with Gasteiger partial charge in [-0.25, -0.2) is 0 Å². The van der Waals surface area contributed by atoms with E-state index in [2.05, 4.69) is 6.92 Å². The van der Waals surface area contributed by atoms with Gasteiger partial charge in [0.15, 0.2) is 0 Å². The normalized spacial score (nSPS) is 16.3. The molecule has 0 aliphatic rings. The van der Waals surface area contributed by atoms with Crippen molar-refractivity contribution in [1.29, 1.82) is 0 Å². The fourth-order valence-corrected chi connectivity index (χ4v) is 2.32. The standard InChI is InChI=1S/C17H34N2O2/c1-13(10-8-12-17(5,19)14(2)20)9-6-7-11-16(3,4)15(18)21/h13H,6-12,19H2,1-5H3,(H2,18,21)/t13?,17-/m0/s1. The van der Waals surface area contributed by atoms with Gasteiger partial charge in [-0.2, -0.15) is 0 Å². The van der Waals surface area contributed by atoms with Crippen LogP contribution in [-0.2, 0) is 9.59 Å². The highest BCUT2D eigenvalue weighted by molar-refractivity contribution is 5.85. The zero-order chi connectivity index (χ0) is 16.7. The molecular formula is C17H34N2O2. The molecule has 0 bridgehead atoms. The molecule has 4 N–H and O–H groups in total. The van der Waals surface area contributed by atoms with Crippen LogP contribution in [0.15, 0.2) is 0 Å². The first kappa shape index (κ1) is 20.1. The second-order valence-electron chi connectivity index (χ2n) is 7.46. The minimum absolute atomic E-state index is 0.0591. The highest BCUT2D eigenvalue weighted by Gasteiger charge is 2.24. The summed E-state index contributed by atoms with van der Waals surface area (Å²) in [6, 6.07) is 0. The molecule has 0 aromatic carbocycles. The van der Waals surface area contributed by atoms with Gasteiger partial charge in [0, 0.05) is 5.41 Å². The number of unbranched alkanes of at least 4 members (excludes halogenated alkanes) is 1. The summed E-state index contributed by atoms with van der Waals surface area (Å²) in [6.07, 6.45) is 6.98. The second-order valence-corrected chi connectivity index (χ2v) is 7.46. The highest BCUT2D eigenvalue weighted by atomic mass is 16.1. The number of hydrogen-bond acceptors (Lipinski definition) is 3. The van der Waals surface area contributed by atoms with E-state index >= 15 is 0 Å². The molecule has 0 spiro atoms. The summed E-state index contributed by atoms with van der Waals surface area (Å²) in [5, 5.41) is 0. The molecule has 124 valence electrons.